The van der Waals surface area contributed by atoms with E-state index in [4.69, 9.17) is 4.98 Å². The van der Waals surface area contributed by atoms with Crippen LogP contribution in [0.4, 0.5) is 5.69 Å². The van der Waals surface area contributed by atoms with E-state index in [2.05, 4.69) is 108 Å². The lowest BCUT2D eigenvalue weighted by Gasteiger charge is -2.12. The third-order valence-corrected chi connectivity index (χ3v) is 5.56. The first-order valence-electron chi connectivity index (χ1n) is 10.4. The van der Waals surface area contributed by atoms with E-state index in [0.29, 0.717) is 0 Å². The molecule has 5 rings (SSSR count). The molecule has 2 nitrogen and oxygen atoms in total. The topological polar surface area (TPSA) is 16.1 Å². The van der Waals surface area contributed by atoms with Crippen molar-refractivity contribution in [1.29, 1.82) is 0 Å². The lowest BCUT2D eigenvalue weighted by atomic mass is 9.93. The van der Waals surface area contributed by atoms with Crippen LogP contribution in [0.15, 0.2) is 97.2 Å². The highest BCUT2D eigenvalue weighted by Crippen LogP contribution is 2.34. The molecule has 0 saturated heterocycles. The van der Waals surface area contributed by atoms with Crippen molar-refractivity contribution in [1.82, 2.24) is 4.98 Å². The highest BCUT2D eigenvalue weighted by Gasteiger charge is 2.13. The van der Waals surface area contributed by atoms with Crippen molar-refractivity contribution in [2.75, 3.05) is 19.0 Å². The minimum absolute atomic E-state index is 0.974. The van der Waals surface area contributed by atoms with Crippen molar-refractivity contribution in [2.24, 2.45) is 0 Å². The SMILES string of the molecule is CN(C)c1ccc(C#Cc2ccc3ccccc3c2-c2nccc3ccccc23)cc1. The Labute approximate surface area is 182 Å². The van der Waals surface area contributed by atoms with Gasteiger partial charge in [0, 0.05) is 48.1 Å². The average molecular weight is 399 g/mol. The Hall–Kier alpha value is -4.09. The molecular formula is C29H22N2. The molecule has 0 radical (unpaired) electrons. The number of pyridine rings is 1. The molecule has 2 heteroatoms. The van der Waals surface area contributed by atoms with Crippen molar-refractivity contribution >= 4 is 27.2 Å². The number of anilines is 1. The van der Waals surface area contributed by atoms with Gasteiger partial charge in [0.2, 0.25) is 0 Å². The van der Waals surface area contributed by atoms with Crippen molar-refractivity contribution in [2.45, 2.75) is 0 Å². The van der Waals surface area contributed by atoms with Crippen LogP contribution < -0.4 is 4.90 Å². The van der Waals surface area contributed by atoms with E-state index >= 15 is 0 Å². The molecule has 0 N–H and O–H groups in total. The van der Waals surface area contributed by atoms with Crippen molar-refractivity contribution in [3.63, 3.8) is 0 Å². The molecule has 0 spiro atoms. The summed E-state index contributed by atoms with van der Waals surface area (Å²) in [6, 6.07) is 31.5. The van der Waals surface area contributed by atoms with Gasteiger partial charge in [-0.05, 0) is 52.6 Å². The number of hydrogen-bond acceptors (Lipinski definition) is 2. The fraction of sp³-hybridized carbons (Fsp3) is 0.0690. The highest BCUT2D eigenvalue weighted by atomic mass is 15.1. The van der Waals surface area contributed by atoms with Gasteiger partial charge in [-0.2, -0.15) is 0 Å². The molecule has 1 heterocycles. The summed E-state index contributed by atoms with van der Waals surface area (Å²) in [5.41, 5.74) is 5.21. The van der Waals surface area contributed by atoms with Gasteiger partial charge in [0.15, 0.2) is 0 Å². The zero-order valence-corrected chi connectivity index (χ0v) is 17.6. The quantitative estimate of drug-likeness (QED) is 0.315. The predicted octanol–water partition coefficient (Wildman–Crippen LogP) is 6.52. The van der Waals surface area contributed by atoms with Gasteiger partial charge >= 0.3 is 0 Å². The molecule has 31 heavy (non-hydrogen) atoms. The van der Waals surface area contributed by atoms with E-state index in [1.165, 1.54) is 16.2 Å². The average Bonchev–Trinajstić information content (AvgIpc) is 2.82. The van der Waals surface area contributed by atoms with Crippen molar-refractivity contribution < 1.29 is 0 Å². The predicted molar refractivity (Wildman–Crippen MR) is 131 cm³/mol. The first-order valence-corrected chi connectivity index (χ1v) is 10.4. The van der Waals surface area contributed by atoms with Crippen molar-refractivity contribution in [3.8, 4) is 23.1 Å². The molecule has 0 fully saturated rings. The van der Waals surface area contributed by atoms with Crippen LogP contribution in [-0.2, 0) is 0 Å². The van der Waals surface area contributed by atoms with Crippen LogP contribution >= 0.6 is 0 Å². The molecule has 0 unspecified atom stereocenters. The normalized spacial score (nSPS) is 10.6. The number of fused-ring (bicyclic) bond motifs is 2. The molecule has 0 amide bonds. The van der Waals surface area contributed by atoms with Gasteiger partial charge in [0.25, 0.3) is 0 Å². The third-order valence-electron chi connectivity index (χ3n) is 5.56. The molecule has 0 aliphatic rings. The fourth-order valence-corrected chi connectivity index (χ4v) is 3.93. The number of benzene rings is 4. The van der Waals surface area contributed by atoms with Gasteiger partial charge in [-0.3, -0.25) is 4.98 Å². The number of nitrogens with zero attached hydrogens (tertiary/aromatic N) is 2. The minimum Gasteiger partial charge on any atom is -0.378 e. The number of rotatable bonds is 2. The van der Waals surface area contributed by atoms with E-state index in [1.54, 1.807) is 0 Å². The molecule has 148 valence electrons. The highest BCUT2D eigenvalue weighted by molar-refractivity contribution is 6.05. The van der Waals surface area contributed by atoms with E-state index in [-0.39, 0.29) is 0 Å². The Kier molecular flexibility index (Phi) is 4.86. The summed E-state index contributed by atoms with van der Waals surface area (Å²) in [5.74, 6) is 6.78. The molecule has 0 bridgehead atoms. The molecule has 5 aromatic rings. The number of hydrogen-bond donors (Lipinski definition) is 0. The molecule has 4 aromatic carbocycles. The zero-order valence-electron chi connectivity index (χ0n) is 17.6. The van der Waals surface area contributed by atoms with Crippen LogP contribution in [-0.4, -0.2) is 19.1 Å². The second kappa shape index (κ2) is 7.97. The van der Waals surface area contributed by atoms with Gasteiger partial charge in [0.05, 0.1) is 5.69 Å². The lowest BCUT2D eigenvalue weighted by molar-refractivity contribution is 1.13. The number of aromatic nitrogens is 1. The Balaban J connectivity index is 1.72. The first kappa shape index (κ1) is 18.9. The van der Waals surface area contributed by atoms with E-state index in [9.17, 15) is 0 Å². The standard InChI is InChI=1S/C29H22N2/c1-31(2)25-17-12-21(13-18-25)11-14-24-16-15-22-7-3-5-9-26(22)28(24)29-27-10-6-4-8-23(27)19-20-30-29/h3-10,12-13,15-20H,1-2H3. The summed E-state index contributed by atoms with van der Waals surface area (Å²) >= 11 is 0. The Morgan fingerprint density at radius 3 is 2.06 bits per heavy atom. The van der Waals surface area contributed by atoms with E-state index in [1.807, 2.05) is 20.3 Å². The Bertz CT molecular complexity index is 1450. The summed E-state index contributed by atoms with van der Waals surface area (Å²) in [5, 5.41) is 4.67. The third kappa shape index (κ3) is 3.63. The summed E-state index contributed by atoms with van der Waals surface area (Å²) in [4.78, 5) is 6.89. The van der Waals surface area contributed by atoms with E-state index in [0.717, 1.165) is 33.5 Å². The van der Waals surface area contributed by atoms with Crippen molar-refractivity contribution in [3.05, 3.63) is 108 Å². The molecule has 0 atom stereocenters. The summed E-state index contributed by atoms with van der Waals surface area (Å²) in [6.45, 7) is 0. The molecule has 0 aliphatic carbocycles. The van der Waals surface area contributed by atoms with Gasteiger partial charge in [0.1, 0.15) is 0 Å². The smallest absolute Gasteiger partial charge is 0.0799 e. The fourth-order valence-electron chi connectivity index (χ4n) is 3.93. The molecule has 0 saturated carbocycles. The summed E-state index contributed by atoms with van der Waals surface area (Å²) in [7, 11) is 4.08. The summed E-state index contributed by atoms with van der Waals surface area (Å²) < 4.78 is 0. The van der Waals surface area contributed by atoms with Crippen LogP contribution in [0.5, 0.6) is 0 Å². The molecular weight excluding hydrogens is 376 g/mol. The van der Waals surface area contributed by atoms with Crippen LogP contribution in [0.1, 0.15) is 11.1 Å². The first-order chi connectivity index (χ1) is 15.2. The lowest BCUT2D eigenvalue weighted by Crippen LogP contribution is -2.07. The van der Waals surface area contributed by atoms with Gasteiger partial charge in [-0.1, -0.05) is 66.4 Å². The maximum Gasteiger partial charge on any atom is 0.0799 e. The van der Waals surface area contributed by atoms with Gasteiger partial charge in [-0.15, -0.1) is 0 Å². The second-order valence-electron chi connectivity index (χ2n) is 7.78. The Morgan fingerprint density at radius 1 is 0.645 bits per heavy atom. The second-order valence-corrected chi connectivity index (χ2v) is 7.78. The zero-order chi connectivity index (χ0) is 21.2. The van der Waals surface area contributed by atoms with Crippen LogP contribution in [0.25, 0.3) is 32.8 Å². The monoisotopic (exact) mass is 398 g/mol. The molecule has 1 aromatic heterocycles. The molecule has 0 aliphatic heterocycles. The minimum atomic E-state index is 0.974. The Morgan fingerprint density at radius 2 is 1.32 bits per heavy atom. The summed E-state index contributed by atoms with van der Waals surface area (Å²) in [6.07, 6.45) is 1.89. The van der Waals surface area contributed by atoms with Gasteiger partial charge in [-0.25, -0.2) is 0 Å². The van der Waals surface area contributed by atoms with Crippen LogP contribution in [0.3, 0.4) is 0 Å². The largest absolute Gasteiger partial charge is 0.378 e. The van der Waals surface area contributed by atoms with Crippen LogP contribution in [0.2, 0.25) is 0 Å². The maximum absolute atomic E-state index is 4.80. The maximum atomic E-state index is 4.80. The van der Waals surface area contributed by atoms with Gasteiger partial charge < -0.3 is 4.90 Å². The van der Waals surface area contributed by atoms with E-state index < -0.39 is 0 Å². The van der Waals surface area contributed by atoms with Crippen LogP contribution in [0, 0.1) is 11.8 Å².